The van der Waals surface area contributed by atoms with Crippen molar-refractivity contribution < 1.29 is 4.92 Å². The maximum Gasteiger partial charge on any atom is 0.269 e. The normalized spacial score (nSPS) is 12.1. The molecule has 0 aliphatic carbocycles. The van der Waals surface area contributed by atoms with E-state index >= 15 is 0 Å². The third-order valence-corrected chi connectivity index (χ3v) is 3.74. The van der Waals surface area contributed by atoms with Gasteiger partial charge in [-0.05, 0) is 32.9 Å². The van der Waals surface area contributed by atoms with Crippen molar-refractivity contribution >= 4 is 28.0 Å². The van der Waals surface area contributed by atoms with E-state index < -0.39 is 4.92 Å². The SMILES string of the molecule is CC(C)(C)n1cc2ccccc2c1N=Nc1ccc([N+](=O)[O-])cc1. The molecule has 122 valence electrons. The zero-order valence-corrected chi connectivity index (χ0v) is 13.8. The van der Waals surface area contributed by atoms with Crippen LogP contribution in [0.5, 0.6) is 0 Å². The minimum atomic E-state index is -0.431. The molecule has 0 aliphatic rings. The van der Waals surface area contributed by atoms with Crippen molar-refractivity contribution in [3.63, 3.8) is 0 Å². The smallest absolute Gasteiger partial charge is 0.269 e. The van der Waals surface area contributed by atoms with Gasteiger partial charge >= 0.3 is 0 Å². The Morgan fingerprint density at radius 1 is 1.00 bits per heavy atom. The quantitative estimate of drug-likeness (QED) is 0.351. The van der Waals surface area contributed by atoms with Gasteiger partial charge in [-0.15, -0.1) is 10.2 Å². The molecule has 0 N–H and O–H groups in total. The number of nitrogens with zero attached hydrogens (tertiary/aromatic N) is 4. The second-order valence-corrected chi connectivity index (χ2v) is 6.55. The van der Waals surface area contributed by atoms with Crippen LogP contribution >= 0.6 is 0 Å². The first-order valence-corrected chi connectivity index (χ1v) is 7.63. The van der Waals surface area contributed by atoms with Gasteiger partial charge in [-0.25, -0.2) is 0 Å². The molecule has 6 nitrogen and oxygen atoms in total. The van der Waals surface area contributed by atoms with E-state index in [0.29, 0.717) is 5.69 Å². The summed E-state index contributed by atoms with van der Waals surface area (Å²) >= 11 is 0. The van der Waals surface area contributed by atoms with Gasteiger partial charge in [0, 0.05) is 34.6 Å². The summed E-state index contributed by atoms with van der Waals surface area (Å²) in [7, 11) is 0. The van der Waals surface area contributed by atoms with Crippen LogP contribution in [0.25, 0.3) is 10.8 Å². The van der Waals surface area contributed by atoms with Gasteiger partial charge in [0.05, 0.1) is 10.6 Å². The van der Waals surface area contributed by atoms with Crippen LogP contribution in [-0.2, 0) is 5.54 Å². The minimum Gasteiger partial charge on any atom is -0.325 e. The Balaban J connectivity index is 2.04. The average molecular weight is 322 g/mol. The highest BCUT2D eigenvalue weighted by Gasteiger charge is 2.19. The van der Waals surface area contributed by atoms with Crippen LogP contribution in [0.4, 0.5) is 17.2 Å². The number of azo groups is 1. The fourth-order valence-electron chi connectivity index (χ4n) is 2.50. The van der Waals surface area contributed by atoms with Crippen molar-refractivity contribution in [1.82, 2.24) is 4.57 Å². The molecular formula is C18H18N4O2. The van der Waals surface area contributed by atoms with Gasteiger partial charge in [-0.3, -0.25) is 10.1 Å². The Kier molecular flexibility index (Phi) is 3.89. The molecule has 0 amide bonds. The molecule has 0 aliphatic heterocycles. The second kappa shape index (κ2) is 5.88. The number of nitro groups is 1. The fourth-order valence-corrected chi connectivity index (χ4v) is 2.50. The molecule has 0 bridgehead atoms. The highest BCUT2D eigenvalue weighted by atomic mass is 16.6. The summed E-state index contributed by atoms with van der Waals surface area (Å²) in [5.74, 6) is 0.774. The molecule has 0 saturated carbocycles. The zero-order chi connectivity index (χ0) is 17.3. The summed E-state index contributed by atoms with van der Waals surface area (Å²) in [5.41, 5.74) is 0.479. The predicted molar refractivity (Wildman–Crippen MR) is 94.2 cm³/mol. The van der Waals surface area contributed by atoms with Gasteiger partial charge in [-0.2, -0.15) is 0 Å². The second-order valence-electron chi connectivity index (χ2n) is 6.55. The highest BCUT2D eigenvalue weighted by Crippen LogP contribution is 2.34. The Morgan fingerprint density at radius 3 is 2.29 bits per heavy atom. The number of hydrogen-bond acceptors (Lipinski definition) is 4. The lowest BCUT2D eigenvalue weighted by atomic mass is 10.1. The topological polar surface area (TPSA) is 72.8 Å². The maximum absolute atomic E-state index is 10.7. The Bertz CT molecular complexity index is 918. The van der Waals surface area contributed by atoms with Crippen LogP contribution < -0.4 is 0 Å². The first kappa shape index (κ1) is 15.9. The Hall–Kier alpha value is -3.02. The summed E-state index contributed by atoms with van der Waals surface area (Å²) in [4.78, 5) is 10.3. The molecule has 1 aromatic heterocycles. The number of hydrogen-bond donors (Lipinski definition) is 0. The van der Waals surface area contributed by atoms with Crippen molar-refractivity contribution in [3.05, 3.63) is 64.8 Å². The molecule has 0 saturated heterocycles. The molecule has 6 heteroatoms. The lowest BCUT2D eigenvalue weighted by Crippen LogP contribution is -2.20. The lowest BCUT2D eigenvalue weighted by Gasteiger charge is -2.22. The zero-order valence-electron chi connectivity index (χ0n) is 13.8. The number of non-ortho nitro benzene ring substituents is 1. The number of rotatable bonds is 3. The average Bonchev–Trinajstić information content (AvgIpc) is 2.92. The van der Waals surface area contributed by atoms with E-state index in [4.69, 9.17) is 0 Å². The highest BCUT2D eigenvalue weighted by molar-refractivity contribution is 5.92. The fraction of sp³-hybridized carbons (Fsp3) is 0.222. The summed E-state index contributed by atoms with van der Waals surface area (Å²) in [5, 5.41) is 21.5. The molecule has 3 aromatic rings. The monoisotopic (exact) mass is 322 g/mol. The van der Waals surface area contributed by atoms with E-state index in [1.165, 1.54) is 12.1 Å². The number of aromatic nitrogens is 1. The molecule has 3 rings (SSSR count). The van der Waals surface area contributed by atoms with Gasteiger partial charge in [0.2, 0.25) is 0 Å². The van der Waals surface area contributed by atoms with Crippen LogP contribution in [0.15, 0.2) is 65.0 Å². The van der Waals surface area contributed by atoms with Gasteiger partial charge in [-0.1, -0.05) is 24.3 Å². The number of benzene rings is 2. The predicted octanol–water partition coefficient (Wildman–Crippen LogP) is 5.72. The maximum atomic E-state index is 10.7. The number of fused-ring (bicyclic) bond motifs is 1. The molecular weight excluding hydrogens is 304 g/mol. The third kappa shape index (κ3) is 3.03. The van der Waals surface area contributed by atoms with Crippen molar-refractivity contribution in [2.45, 2.75) is 26.3 Å². The van der Waals surface area contributed by atoms with Gasteiger partial charge in [0.1, 0.15) is 0 Å². The van der Waals surface area contributed by atoms with Crippen LogP contribution in [0.3, 0.4) is 0 Å². The number of nitro benzene ring substituents is 1. The van der Waals surface area contributed by atoms with E-state index in [0.717, 1.165) is 16.6 Å². The molecule has 0 unspecified atom stereocenters. The minimum absolute atomic E-state index is 0.0393. The first-order valence-electron chi connectivity index (χ1n) is 7.63. The van der Waals surface area contributed by atoms with Gasteiger partial charge in [0.25, 0.3) is 5.69 Å². The summed E-state index contributed by atoms with van der Waals surface area (Å²) in [6, 6.07) is 14.1. The van der Waals surface area contributed by atoms with Crippen LogP contribution in [-0.4, -0.2) is 9.49 Å². The van der Waals surface area contributed by atoms with Crippen LogP contribution in [0.1, 0.15) is 20.8 Å². The van der Waals surface area contributed by atoms with Crippen LogP contribution in [0.2, 0.25) is 0 Å². The van der Waals surface area contributed by atoms with E-state index in [2.05, 4.69) is 41.8 Å². The first-order chi connectivity index (χ1) is 11.4. The van der Waals surface area contributed by atoms with Crippen LogP contribution in [0, 0.1) is 10.1 Å². The Morgan fingerprint density at radius 2 is 1.67 bits per heavy atom. The Labute approximate surface area is 139 Å². The van der Waals surface area contributed by atoms with E-state index in [1.54, 1.807) is 12.1 Å². The van der Waals surface area contributed by atoms with Crippen molar-refractivity contribution in [1.29, 1.82) is 0 Å². The molecule has 0 spiro atoms. The van der Waals surface area contributed by atoms with Crippen molar-refractivity contribution in [2.75, 3.05) is 0 Å². The van der Waals surface area contributed by atoms with E-state index in [1.807, 2.05) is 24.3 Å². The molecule has 2 aromatic carbocycles. The standard InChI is InChI=1S/C18H18N4O2/c1-18(2,3)21-12-13-6-4-5-7-16(13)17(21)20-19-14-8-10-15(11-9-14)22(23)24/h4-12H,1-3H3. The lowest BCUT2D eigenvalue weighted by molar-refractivity contribution is -0.384. The van der Waals surface area contributed by atoms with E-state index in [-0.39, 0.29) is 11.2 Å². The van der Waals surface area contributed by atoms with Crippen molar-refractivity contribution in [2.24, 2.45) is 10.2 Å². The van der Waals surface area contributed by atoms with Gasteiger partial charge in [0.15, 0.2) is 5.82 Å². The molecule has 0 atom stereocenters. The molecule has 0 fully saturated rings. The van der Waals surface area contributed by atoms with Gasteiger partial charge < -0.3 is 4.57 Å². The molecule has 1 heterocycles. The third-order valence-electron chi connectivity index (χ3n) is 3.74. The summed E-state index contributed by atoms with van der Waals surface area (Å²) in [6.07, 6.45) is 2.07. The molecule has 0 radical (unpaired) electrons. The van der Waals surface area contributed by atoms with Crippen molar-refractivity contribution in [3.8, 4) is 0 Å². The molecule has 24 heavy (non-hydrogen) atoms. The largest absolute Gasteiger partial charge is 0.325 e. The summed E-state index contributed by atoms with van der Waals surface area (Å²) in [6.45, 7) is 6.32. The summed E-state index contributed by atoms with van der Waals surface area (Å²) < 4.78 is 2.09. The van der Waals surface area contributed by atoms with E-state index in [9.17, 15) is 10.1 Å².